The molecule has 0 bridgehead atoms. The summed E-state index contributed by atoms with van der Waals surface area (Å²) in [5.41, 5.74) is 4.78. The summed E-state index contributed by atoms with van der Waals surface area (Å²) < 4.78 is 15.5. The zero-order valence-corrected chi connectivity index (χ0v) is 18.1. The molecule has 2 amide bonds. The van der Waals surface area contributed by atoms with Crippen molar-refractivity contribution in [1.82, 2.24) is 20.2 Å². The van der Waals surface area contributed by atoms with Gasteiger partial charge in [0.05, 0.1) is 23.4 Å². The Kier molecular flexibility index (Phi) is 6.35. The molecule has 0 saturated carbocycles. The van der Waals surface area contributed by atoms with Gasteiger partial charge in [0.15, 0.2) is 0 Å². The molecule has 0 saturated heterocycles. The van der Waals surface area contributed by atoms with E-state index in [1.807, 2.05) is 72.1 Å². The van der Waals surface area contributed by atoms with Gasteiger partial charge in [-0.3, -0.25) is 0 Å². The van der Waals surface area contributed by atoms with Crippen LogP contribution in [0.3, 0.4) is 0 Å². The van der Waals surface area contributed by atoms with E-state index in [0.717, 1.165) is 27.8 Å². The summed E-state index contributed by atoms with van der Waals surface area (Å²) in [5.74, 6) is -0.314. The third kappa shape index (κ3) is 5.06. The van der Waals surface area contributed by atoms with Gasteiger partial charge in [-0.15, -0.1) is 0 Å². The lowest BCUT2D eigenvalue weighted by atomic mass is 10.1. The van der Waals surface area contributed by atoms with Gasteiger partial charge in [-0.05, 0) is 47.5 Å². The van der Waals surface area contributed by atoms with Gasteiger partial charge in [0.1, 0.15) is 5.82 Å². The number of rotatable bonds is 7. The summed E-state index contributed by atoms with van der Waals surface area (Å²) in [7, 11) is 3.97. The Bertz CT molecular complexity index is 1190. The largest absolute Gasteiger partial charge is 0.378 e. The molecule has 7 heteroatoms. The fourth-order valence-electron chi connectivity index (χ4n) is 3.59. The fourth-order valence-corrected chi connectivity index (χ4v) is 3.59. The van der Waals surface area contributed by atoms with Gasteiger partial charge in [0, 0.05) is 32.9 Å². The highest BCUT2D eigenvalue weighted by atomic mass is 19.1. The molecule has 0 spiro atoms. The van der Waals surface area contributed by atoms with Crippen molar-refractivity contribution in [1.29, 1.82) is 0 Å². The van der Waals surface area contributed by atoms with Crippen LogP contribution in [-0.2, 0) is 13.1 Å². The number of imidazole rings is 1. The zero-order chi connectivity index (χ0) is 22.5. The van der Waals surface area contributed by atoms with Gasteiger partial charge in [-0.1, -0.05) is 36.4 Å². The lowest BCUT2D eigenvalue weighted by Gasteiger charge is -2.21. The lowest BCUT2D eigenvalue weighted by molar-refractivity contribution is 0.235. The maximum atomic E-state index is 13.5. The van der Waals surface area contributed by atoms with Crippen LogP contribution in [-0.4, -0.2) is 29.7 Å². The summed E-state index contributed by atoms with van der Waals surface area (Å²) in [4.78, 5) is 19.2. The van der Waals surface area contributed by atoms with E-state index in [9.17, 15) is 9.18 Å². The minimum atomic E-state index is -0.357. The first kappa shape index (κ1) is 21.4. The Hall–Kier alpha value is -3.87. The van der Waals surface area contributed by atoms with E-state index in [0.29, 0.717) is 13.1 Å². The second kappa shape index (κ2) is 9.51. The van der Waals surface area contributed by atoms with E-state index in [4.69, 9.17) is 0 Å². The predicted molar refractivity (Wildman–Crippen MR) is 125 cm³/mol. The van der Waals surface area contributed by atoms with Crippen molar-refractivity contribution in [2.75, 3.05) is 19.0 Å². The summed E-state index contributed by atoms with van der Waals surface area (Å²) >= 11 is 0. The van der Waals surface area contributed by atoms with Crippen LogP contribution in [0.25, 0.3) is 11.0 Å². The second-order valence-corrected chi connectivity index (χ2v) is 7.88. The van der Waals surface area contributed by atoms with Crippen LogP contribution in [0.15, 0.2) is 79.1 Å². The summed E-state index contributed by atoms with van der Waals surface area (Å²) in [5, 5.41) is 5.94. The van der Waals surface area contributed by atoms with Crippen molar-refractivity contribution < 1.29 is 9.18 Å². The molecule has 0 fully saturated rings. The Labute approximate surface area is 186 Å². The number of aromatic nitrogens is 2. The van der Waals surface area contributed by atoms with E-state index in [1.165, 1.54) is 12.1 Å². The molecule has 6 nitrogen and oxygen atoms in total. The molecule has 4 aromatic rings. The summed E-state index contributed by atoms with van der Waals surface area (Å²) in [6.07, 6.45) is 1.76. The van der Waals surface area contributed by atoms with E-state index in [-0.39, 0.29) is 17.9 Å². The number of hydrogen-bond donors (Lipinski definition) is 2. The molecule has 0 aliphatic carbocycles. The number of carbonyl (C=O) groups is 1. The Morgan fingerprint density at radius 1 is 1.03 bits per heavy atom. The van der Waals surface area contributed by atoms with Crippen LogP contribution in [0.5, 0.6) is 0 Å². The third-order valence-corrected chi connectivity index (χ3v) is 5.39. The normalized spacial score (nSPS) is 11.8. The third-order valence-electron chi connectivity index (χ3n) is 5.39. The van der Waals surface area contributed by atoms with Crippen molar-refractivity contribution in [3.63, 3.8) is 0 Å². The summed E-state index contributed by atoms with van der Waals surface area (Å²) in [6, 6.07) is 21.4. The Morgan fingerprint density at radius 2 is 1.75 bits per heavy atom. The van der Waals surface area contributed by atoms with Gasteiger partial charge in [0.25, 0.3) is 0 Å². The number of hydrogen-bond acceptors (Lipinski definition) is 3. The molecule has 2 N–H and O–H groups in total. The molecular weight excluding hydrogens is 405 g/mol. The molecule has 0 aliphatic rings. The number of benzene rings is 3. The van der Waals surface area contributed by atoms with Gasteiger partial charge in [-0.25, -0.2) is 14.2 Å². The van der Waals surface area contributed by atoms with Crippen LogP contribution >= 0.6 is 0 Å². The quantitative estimate of drug-likeness (QED) is 0.454. The zero-order valence-electron chi connectivity index (χ0n) is 18.1. The highest BCUT2D eigenvalue weighted by Gasteiger charge is 2.17. The first-order chi connectivity index (χ1) is 15.5. The lowest BCUT2D eigenvalue weighted by Crippen LogP contribution is -2.39. The van der Waals surface area contributed by atoms with Crippen LogP contribution in [0.1, 0.15) is 17.2 Å². The highest BCUT2D eigenvalue weighted by Crippen LogP contribution is 2.20. The van der Waals surface area contributed by atoms with Gasteiger partial charge in [0.2, 0.25) is 0 Å². The predicted octanol–water partition coefficient (Wildman–Crippen LogP) is 4.48. The van der Waals surface area contributed by atoms with Crippen molar-refractivity contribution in [2.45, 2.75) is 19.1 Å². The topological polar surface area (TPSA) is 62.2 Å². The molecule has 4 rings (SSSR count). The fraction of sp³-hybridized carbons (Fsp3) is 0.200. The molecule has 0 aliphatic heterocycles. The monoisotopic (exact) mass is 431 g/mol. The van der Waals surface area contributed by atoms with Crippen LogP contribution in [0.4, 0.5) is 14.9 Å². The molecule has 0 radical (unpaired) electrons. The van der Waals surface area contributed by atoms with Gasteiger partial charge >= 0.3 is 6.03 Å². The molecule has 1 heterocycles. The number of carbonyl (C=O) groups excluding carboxylic acids is 1. The number of halogens is 1. The number of urea groups is 1. The number of anilines is 1. The van der Waals surface area contributed by atoms with Crippen molar-refractivity contribution in [2.24, 2.45) is 0 Å². The number of nitrogens with one attached hydrogen (secondary N) is 2. The van der Waals surface area contributed by atoms with E-state index in [2.05, 4.69) is 15.6 Å². The van der Waals surface area contributed by atoms with Gasteiger partial charge in [-0.2, -0.15) is 0 Å². The average molecular weight is 432 g/mol. The Balaban J connectivity index is 1.47. The van der Waals surface area contributed by atoms with Crippen molar-refractivity contribution in [3.05, 3.63) is 96.1 Å². The van der Waals surface area contributed by atoms with Crippen LogP contribution < -0.4 is 15.5 Å². The minimum Gasteiger partial charge on any atom is -0.378 e. The maximum absolute atomic E-state index is 13.5. The van der Waals surface area contributed by atoms with E-state index >= 15 is 0 Å². The number of fused-ring (bicyclic) bond motifs is 1. The molecule has 1 atom stereocenters. The van der Waals surface area contributed by atoms with E-state index < -0.39 is 0 Å². The van der Waals surface area contributed by atoms with Crippen LogP contribution in [0, 0.1) is 5.82 Å². The standard InChI is InChI=1S/C25H26FN5O/c1-30(2)21-13-7-18(8-14-21)15-27-25(32)29-23(19-9-11-20(26)12-10-19)16-31-17-28-22-5-3-4-6-24(22)31/h3-14,17,23H,15-16H2,1-2H3,(H2,27,29,32)/t23-/m0/s1. The Morgan fingerprint density at radius 3 is 2.47 bits per heavy atom. The minimum absolute atomic E-state index is 0.291. The molecular formula is C25H26FN5O. The molecule has 32 heavy (non-hydrogen) atoms. The first-order valence-electron chi connectivity index (χ1n) is 10.5. The van der Waals surface area contributed by atoms with Crippen molar-refractivity contribution in [3.8, 4) is 0 Å². The van der Waals surface area contributed by atoms with Crippen LogP contribution in [0.2, 0.25) is 0 Å². The molecule has 0 unspecified atom stereocenters. The number of para-hydroxylation sites is 2. The summed E-state index contributed by atoms with van der Waals surface area (Å²) in [6.45, 7) is 0.876. The molecule has 1 aromatic heterocycles. The highest BCUT2D eigenvalue weighted by molar-refractivity contribution is 5.76. The van der Waals surface area contributed by atoms with Crippen molar-refractivity contribution >= 4 is 22.8 Å². The first-order valence-corrected chi connectivity index (χ1v) is 10.5. The SMILES string of the molecule is CN(C)c1ccc(CNC(=O)N[C@@H](Cn2cnc3ccccc32)c2ccc(F)cc2)cc1. The van der Waals surface area contributed by atoms with Gasteiger partial charge < -0.3 is 20.1 Å². The second-order valence-electron chi connectivity index (χ2n) is 7.88. The molecule has 164 valence electrons. The van der Waals surface area contributed by atoms with E-state index in [1.54, 1.807) is 18.5 Å². The average Bonchev–Trinajstić information content (AvgIpc) is 3.21. The number of nitrogens with zero attached hydrogens (tertiary/aromatic N) is 3. The maximum Gasteiger partial charge on any atom is 0.315 e. The smallest absolute Gasteiger partial charge is 0.315 e. The number of amides is 2. The molecule has 3 aromatic carbocycles.